The summed E-state index contributed by atoms with van der Waals surface area (Å²) in [5.41, 5.74) is 7.74. The van der Waals surface area contributed by atoms with Gasteiger partial charge in [-0.25, -0.2) is 0 Å². The van der Waals surface area contributed by atoms with Gasteiger partial charge in [-0.1, -0.05) is 33.3 Å². The van der Waals surface area contributed by atoms with E-state index >= 15 is 0 Å². The number of hydrogen-bond acceptors (Lipinski definition) is 3. The van der Waals surface area contributed by atoms with Gasteiger partial charge >= 0.3 is 0 Å². The summed E-state index contributed by atoms with van der Waals surface area (Å²) in [5.74, 6) is 1.38. The third-order valence-corrected chi connectivity index (χ3v) is 3.55. The van der Waals surface area contributed by atoms with E-state index in [4.69, 9.17) is 10.5 Å². The summed E-state index contributed by atoms with van der Waals surface area (Å²) < 4.78 is 5.66. The minimum atomic E-state index is 0.187. The van der Waals surface area contributed by atoms with E-state index in [2.05, 4.69) is 20.8 Å². The number of nitrogens with zero attached hydrogens (tertiary/aromatic N) is 1. The second-order valence-electron chi connectivity index (χ2n) is 6.25. The lowest BCUT2D eigenvalue weighted by molar-refractivity contribution is -0.129. The van der Waals surface area contributed by atoms with Gasteiger partial charge in [0.2, 0.25) is 5.91 Å². The Balaban J connectivity index is 2.49. The quantitative estimate of drug-likeness (QED) is 0.710. The number of ether oxygens (including phenoxy) is 1. The predicted molar refractivity (Wildman–Crippen MR) is 92.1 cm³/mol. The molecule has 4 heteroatoms. The number of anilines is 1. The first-order valence-electron chi connectivity index (χ1n) is 8.19. The monoisotopic (exact) mass is 306 g/mol. The van der Waals surface area contributed by atoms with Gasteiger partial charge in [-0.15, -0.1) is 0 Å². The van der Waals surface area contributed by atoms with E-state index < -0.39 is 0 Å². The first-order chi connectivity index (χ1) is 10.4. The van der Waals surface area contributed by atoms with Crippen molar-refractivity contribution in [2.75, 3.05) is 25.9 Å². The van der Waals surface area contributed by atoms with Crippen LogP contribution in [0.1, 0.15) is 45.6 Å². The van der Waals surface area contributed by atoms with Crippen molar-refractivity contribution in [3.05, 3.63) is 23.8 Å². The van der Waals surface area contributed by atoms with Crippen molar-refractivity contribution < 1.29 is 9.53 Å². The van der Waals surface area contributed by atoms with Crippen molar-refractivity contribution >= 4 is 11.6 Å². The van der Waals surface area contributed by atoms with Crippen molar-refractivity contribution in [2.24, 2.45) is 5.92 Å². The van der Waals surface area contributed by atoms with Gasteiger partial charge in [0.05, 0.1) is 12.3 Å². The number of nitrogen functional groups attached to an aromatic ring is 1. The van der Waals surface area contributed by atoms with Crippen LogP contribution in [0.4, 0.5) is 5.69 Å². The number of benzene rings is 1. The summed E-state index contributed by atoms with van der Waals surface area (Å²) in [6, 6.07) is 5.80. The molecule has 1 aromatic rings. The first kappa shape index (κ1) is 18.3. The molecule has 0 fully saturated rings. The Morgan fingerprint density at radius 2 is 2.09 bits per heavy atom. The molecule has 1 amide bonds. The second kappa shape index (κ2) is 9.34. The van der Waals surface area contributed by atoms with Crippen molar-refractivity contribution in [2.45, 2.75) is 46.5 Å². The first-order valence-corrected chi connectivity index (χ1v) is 8.19. The maximum Gasteiger partial charge on any atom is 0.222 e. The Morgan fingerprint density at radius 1 is 1.36 bits per heavy atom. The van der Waals surface area contributed by atoms with E-state index in [1.54, 1.807) is 0 Å². The molecule has 1 aromatic carbocycles. The normalized spacial score (nSPS) is 10.8. The maximum atomic E-state index is 12.0. The van der Waals surface area contributed by atoms with Crippen LogP contribution in [0.25, 0.3) is 0 Å². The van der Waals surface area contributed by atoms with E-state index in [1.807, 2.05) is 30.1 Å². The smallest absolute Gasteiger partial charge is 0.222 e. The fourth-order valence-electron chi connectivity index (χ4n) is 2.10. The van der Waals surface area contributed by atoms with Gasteiger partial charge in [-0.2, -0.15) is 0 Å². The molecule has 0 aliphatic heterocycles. The summed E-state index contributed by atoms with van der Waals surface area (Å²) in [6.45, 7) is 7.82. The van der Waals surface area contributed by atoms with Gasteiger partial charge in [-0.05, 0) is 36.5 Å². The molecule has 0 aliphatic carbocycles. The molecule has 0 aromatic heterocycles. The summed E-state index contributed by atoms with van der Waals surface area (Å²) in [7, 11) is 1.87. The van der Waals surface area contributed by atoms with Crippen LogP contribution in [-0.4, -0.2) is 31.0 Å². The van der Waals surface area contributed by atoms with Crippen molar-refractivity contribution in [1.29, 1.82) is 0 Å². The average molecular weight is 306 g/mol. The highest BCUT2D eigenvalue weighted by Crippen LogP contribution is 2.23. The van der Waals surface area contributed by atoms with E-state index in [-0.39, 0.29) is 5.91 Å². The fourth-order valence-corrected chi connectivity index (χ4v) is 2.10. The topological polar surface area (TPSA) is 55.6 Å². The SMILES string of the molecule is CCCCN(C)C(=O)CCc1ccc(OCC(C)C)c(N)c1. The number of amides is 1. The Labute approximate surface area is 134 Å². The van der Waals surface area contributed by atoms with Crippen molar-refractivity contribution in [3.8, 4) is 5.75 Å². The zero-order valence-corrected chi connectivity index (χ0v) is 14.4. The number of unbranched alkanes of at least 4 members (excludes halogenated alkanes) is 1. The molecule has 0 unspecified atom stereocenters. The molecule has 0 saturated carbocycles. The zero-order valence-electron chi connectivity index (χ0n) is 14.4. The number of aryl methyl sites for hydroxylation is 1. The van der Waals surface area contributed by atoms with Gasteiger partial charge in [0.1, 0.15) is 5.75 Å². The van der Waals surface area contributed by atoms with Gasteiger partial charge in [0, 0.05) is 20.0 Å². The molecule has 0 saturated heterocycles. The molecule has 0 atom stereocenters. The molecule has 22 heavy (non-hydrogen) atoms. The molecule has 0 bridgehead atoms. The van der Waals surface area contributed by atoms with Crippen molar-refractivity contribution in [1.82, 2.24) is 4.90 Å². The number of carbonyl (C=O) groups excluding carboxylic acids is 1. The zero-order chi connectivity index (χ0) is 16.5. The van der Waals surface area contributed by atoms with E-state index in [0.29, 0.717) is 31.1 Å². The third kappa shape index (κ3) is 6.37. The maximum absolute atomic E-state index is 12.0. The highest BCUT2D eigenvalue weighted by molar-refractivity contribution is 5.76. The summed E-state index contributed by atoms with van der Waals surface area (Å²) in [5, 5.41) is 0. The van der Waals surface area contributed by atoms with Crippen LogP contribution in [0, 0.1) is 5.92 Å². The molecule has 4 nitrogen and oxygen atoms in total. The Morgan fingerprint density at radius 3 is 2.68 bits per heavy atom. The van der Waals surface area contributed by atoms with Gasteiger partial charge in [0.15, 0.2) is 0 Å². The largest absolute Gasteiger partial charge is 0.491 e. The summed E-state index contributed by atoms with van der Waals surface area (Å²) in [4.78, 5) is 13.8. The lowest BCUT2D eigenvalue weighted by Crippen LogP contribution is -2.27. The Kier molecular flexibility index (Phi) is 7.78. The lowest BCUT2D eigenvalue weighted by atomic mass is 10.1. The predicted octanol–water partition coefficient (Wildman–Crippen LogP) is 3.49. The molecule has 1 rings (SSSR count). The van der Waals surface area contributed by atoms with Crippen LogP contribution in [0.3, 0.4) is 0 Å². The minimum Gasteiger partial charge on any atom is -0.491 e. The average Bonchev–Trinajstić information content (AvgIpc) is 2.49. The minimum absolute atomic E-state index is 0.187. The molecule has 0 aliphatic rings. The number of carbonyl (C=O) groups is 1. The summed E-state index contributed by atoms with van der Waals surface area (Å²) >= 11 is 0. The molecular formula is C18H30N2O2. The molecule has 124 valence electrons. The number of nitrogens with two attached hydrogens (primary N) is 1. The van der Waals surface area contributed by atoms with Crippen LogP contribution in [-0.2, 0) is 11.2 Å². The van der Waals surface area contributed by atoms with Gasteiger partial charge < -0.3 is 15.4 Å². The third-order valence-electron chi connectivity index (χ3n) is 3.55. The van der Waals surface area contributed by atoms with Crippen LogP contribution >= 0.6 is 0 Å². The Bertz CT molecular complexity index is 472. The van der Waals surface area contributed by atoms with Gasteiger partial charge in [0.25, 0.3) is 0 Å². The molecule has 2 N–H and O–H groups in total. The van der Waals surface area contributed by atoms with E-state index in [9.17, 15) is 4.79 Å². The molecule has 0 radical (unpaired) electrons. The number of hydrogen-bond donors (Lipinski definition) is 1. The molecule has 0 heterocycles. The summed E-state index contributed by atoms with van der Waals surface area (Å²) in [6.07, 6.45) is 3.39. The van der Waals surface area contributed by atoms with E-state index in [1.165, 1.54) is 0 Å². The number of rotatable bonds is 9. The fraction of sp³-hybridized carbons (Fsp3) is 0.611. The van der Waals surface area contributed by atoms with Crippen molar-refractivity contribution in [3.63, 3.8) is 0 Å². The Hall–Kier alpha value is -1.71. The van der Waals surface area contributed by atoms with Gasteiger partial charge in [-0.3, -0.25) is 4.79 Å². The van der Waals surface area contributed by atoms with Crippen LogP contribution in [0.15, 0.2) is 18.2 Å². The van der Waals surface area contributed by atoms with Crippen LogP contribution < -0.4 is 10.5 Å². The lowest BCUT2D eigenvalue weighted by Gasteiger charge is -2.17. The highest BCUT2D eigenvalue weighted by atomic mass is 16.5. The highest BCUT2D eigenvalue weighted by Gasteiger charge is 2.09. The van der Waals surface area contributed by atoms with Crippen LogP contribution in [0.5, 0.6) is 5.75 Å². The van der Waals surface area contributed by atoms with Crippen LogP contribution in [0.2, 0.25) is 0 Å². The second-order valence-corrected chi connectivity index (χ2v) is 6.25. The van der Waals surface area contributed by atoms with E-state index in [0.717, 1.165) is 30.7 Å². The standard InChI is InChI=1S/C18H30N2O2/c1-5-6-11-20(4)18(21)10-8-15-7-9-17(16(19)12-15)22-13-14(2)3/h7,9,12,14H,5-6,8,10-11,13,19H2,1-4H3. The molecule has 0 spiro atoms. The molecular weight excluding hydrogens is 276 g/mol.